The van der Waals surface area contributed by atoms with Gasteiger partial charge in [-0.15, -0.1) is 0 Å². The molecule has 0 aliphatic carbocycles. The van der Waals surface area contributed by atoms with Gasteiger partial charge in [-0.3, -0.25) is 0 Å². The van der Waals surface area contributed by atoms with Crippen molar-refractivity contribution >= 4 is 0 Å². The van der Waals surface area contributed by atoms with Gasteiger partial charge in [0.1, 0.15) is 0 Å². The topological polar surface area (TPSA) is 12.0 Å². The van der Waals surface area contributed by atoms with Crippen LogP contribution in [0.2, 0.25) is 0 Å². The molecule has 1 rings (SSSR count). The smallest absolute Gasteiger partial charge is 0.00103 e. The molecule has 0 unspecified atom stereocenters. The van der Waals surface area contributed by atoms with Crippen LogP contribution in [0, 0.1) is 13.8 Å². The Morgan fingerprint density at radius 2 is 1.72 bits per heavy atom. The fourth-order valence-electron chi connectivity index (χ4n) is 2.25. The Balaban J connectivity index is 2.12. The van der Waals surface area contributed by atoms with Crippen LogP contribution in [0.3, 0.4) is 0 Å². The molecule has 0 aliphatic heterocycles. The molecule has 102 valence electrons. The fraction of sp³-hybridized carbons (Fsp3) is 0.647. The maximum absolute atomic E-state index is 3.47. The van der Waals surface area contributed by atoms with Gasteiger partial charge in [-0.25, -0.2) is 0 Å². The number of hydrogen-bond donors (Lipinski definition) is 1. The van der Waals surface area contributed by atoms with Gasteiger partial charge in [0, 0.05) is 6.04 Å². The monoisotopic (exact) mass is 247 g/mol. The Bertz CT molecular complexity index is 341. The molecule has 1 heteroatoms. The normalized spacial score (nSPS) is 11.2. The Labute approximate surface area is 113 Å². The Morgan fingerprint density at radius 3 is 2.44 bits per heavy atom. The third-order valence-corrected chi connectivity index (χ3v) is 3.43. The highest BCUT2D eigenvalue weighted by atomic mass is 14.9. The third-order valence-electron chi connectivity index (χ3n) is 3.43. The molecule has 0 atom stereocenters. The molecule has 0 aliphatic rings. The molecule has 0 fully saturated rings. The number of aryl methyl sites for hydroxylation is 3. The number of unbranched alkanes of at least 4 members (excludes halogenated alkanes) is 3. The standard InChI is InChI=1S/C17H29N/c1-14(2)18-12-8-6-5-7-9-17-13-15(3)10-11-16(17)4/h10-11,13-14,18H,5-9,12H2,1-4H3. The quantitative estimate of drug-likeness (QED) is 0.671. The van der Waals surface area contributed by atoms with Gasteiger partial charge in [-0.2, -0.15) is 0 Å². The van der Waals surface area contributed by atoms with E-state index in [4.69, 9.17) is 0 Å². The highest BCUT2D eigenvalue weighted by Crippen LogP contribution is 2.14. The van der Waals surface area contributed by atoms with Crippen LogP contribution >= 0.6 is 0 Å². The molecule has 0 amide bonds. The van der Waals surface area contributed by atoms with E-state index in [1.807, 2.05) is 0 Å². The number of rotatable bonds is 8. The summed E-state index contributed by atoms with van der Waals surface area (Å²) in [7, 11) is 0. The van der Waals surface area contributed by atoms with E-state index < -0.39 is 0 Å². The van der Waals surface area contributed by atoms with Crippen molar-refractivity contribution in [3.63, 3.8) is 0 Å². The van der Waals surface area contributed by atoms with Crippen LogP contribution in [0.25, 0.3) is 0 Å². The van der Waals surface area contributed by atoms with Gasteiger partial charge in [0.25, 0.3) is 0 Å². The predicted molar refractivity (Wildman–Crippen MR) is 81.2 cm³/mol. The molecule has 1 aromatic carbocycles. The van der Waals surface area contributed by atoms with Crippen LogP contribution in [0.5, 0.6) is 0 Å². The maximum atomic E-state index is 3.47. The first kappa shape index (κ1) is 15.2. The minimum Gasteiger partial charge on any atom is -0.315 e. The lowest BCUT2D eigenvalue weighted by atomic mass is 10.00. The molecule has 0 saturated heterocycles. The molecule has 0 saturated carbocycles. The summed E-state index contributed by atoms with van der Waals surface area (Å²) in [5, 5.41) is 3.47. The van der Waals surface area contributed by atoms with Crippen LogP contribution < -0.4 is 5.32 Å². The van der Waals surface area contributed by atoms with E-state index in [1.54, 1.807) is 0 Å². The summed E-state index contributed by atoms with van der Waals surface area (Å²) < 4.78 is 0. The summed E-state index contributed by atoms with van der Waals surface area (Å²) in [6, 6.07) is 7.42. The lowest BCUT2D eigenvalue weighted by molar-refractivity contribution is 0.541. The molecule has 0 heterocycles. The number of hydrogen-bond acceptors (Lipinski definition) is 1. The molecule has 18 heavy (non-hydrogen) atoms. The van der Waals surface area contributed by atoms with Crippen LogP contribution in [-0.4, -0.2) is 12.6 Å². The van der Waals surface area contributed by atoms with Gasteiger partial charge in [0.15, 0.2) is 0 Å². The van der Waals surface area contributed by atoms with Crippen molar-refractivity contribution in [2.45, 2.75) is 65.8 Å². The summed E-state index contributed by atoms with van der Waals surface area (Å²) in [4.78, 5) is 0. The number of nitrogens with one attached hydrogen (secondary N) is 1. The van der Waals surface area contributed by atoms with Crippen molar-refractivity contribution in [2.75, 3.05) is 6.54 Å². The molecule has 1 aromatic rings. The highest BCUT2D eigenvalue weighted by molar-refractivity contribution is 5.30. The van der Waals surface area contributed by atoms with Gasteiger partial charge in [-0.1, -0.05) is 50.5 Å². The van der Waals surface area contributed by atoms with Crippen LogP contribution in [0.15, 0.2) is 18.2 Å². The van der Waals surface area contributed by atoms with Gasteiger partial charge < -0.3 is 5.32 Å². The summed E-state index contributed by atoms with van der Waals surface area (Å²) in [5.41, 5.74) is 4.37. The second-order valence-corrected chi connectivity index (χ2v) is 5.70. The molecule has 0 aromatic heterocycles. The largest absolute Gasteiger partial charge is 0.315 e. The van der Waals surface area contributed by atoms with E-state index >= 15 is 0 Å². The first-order valence-corrected chi connectivity index (χ1v) is 7.39. The highest BCUT2D eigenvalue weighted by Gasteiger charge is 1.99. The van der Waals surface area contributed by atoms with Crippen molar-refractivity contribution in [3.05, 3.63) is 34.9 Å². The van der Waals surface area contributed by atoms with Crippen molar-refractivity contribution in [3.8, 4) is 0 Å². The zero-order valence-electron chi connectivity index (χ0n) is 12.6. The lowest BCUT2D eigenvalue weighted by Crippen LogP contribution is -2.23. The summed E-state index contributed by atoms with van der Waals surface area (Å²) in [6.45, 7) is 9.99. The average Bonchev–Trinajstić information content (AvgIpc) is 2.32. The second-order valence-electron chi connectivity index (χ2n) is 5.70. The predicted octanol–water partition coefficient (Wildman–Crippen LogP) is 4.40. The van der Waals surface area contributed by atoms with Crippen LogP contribution in [0.4, 0.5) is 0 Å². The van der Waals surface area contributed by atoms with E-state index in [0.717, 1.165) is 0 Å². The van der Waals surface area contributed by atoms with E-state index in [0.29, 0.717) is 6.04 Å². The van der Waals surface area contributed by atoms with Crippen molar-refractivity contribution in [2.24, 2.45) is 0 Å². The minimum absolute atomic E-state index is 0.625. The first-order valence-electron chi connectivity index (χ1n) is 7.39. The third kappa shape index (κ3) is 6.20. The zero-order chi connectivity index (χ0) is 13.4. The van der Waals surface area contributed by atoms with E-state index in [9.17, 15) is 0 Å². The molecule has 1 N–H and O–H groups in total. The van der Waals surface area contributed by atoms with Crippen LogP contribution in [-0.2, 0) is 6.42 Å². The van der Waals surface area contributed by atoms with Crippen LogP contribution in [0.1, 0.15) is 56.2 Å². The molecular formula is C17H29N. The fourth-order valence-corrected chi connectivity index (χ4v) is 2.25. The molecule has 1 nitrogen and oxygen atoms in total. The molecular weight excluding hydrogens is 218 g/mol. The summed E-state index contributed by atoms with van der Waals surface area (Å²) in [5.74, 6) is 0. The molecule has 0 bridgehead atoms. The van der Waals surface area contributed by atoms with Crippen molar-refractivity contribution in [1.82, 2.24) is 5.32 Å². The van der Waals surface area contributed by atoms with E-state index in [1.165, 1.54) is 55.3 Å². The van der Waals surface area contributed by atoms with Crippen molar-refractivity contribution in [1.29, 1.82) is 0 Å². The zero-order valence-corrected chi connectivity index (χ0v) is 12.6. The molecule has 0 radical (unpaired) electrons. The molecule has 0 spiro atoms. The number of benzene rings is 1. The van der Waals surface area contributed by atoms with E-state index in [-0.39, 0.29) is 0 Å². The second kappa shape index (κ2) is 8.31. The Morgan fingerprint density at radius 1 is 1.00 bits per heavy atom. The lowest BCUT2D eigenvalue weighted by Gasteiger charge is -2.08. The van der Waals surface area contributed by atoms with Gasteiger partial charge in [0.05, 0.1) is 0 Å². The SMILES string of the molecule is Cc1ccc(C)c(CCCCCCNC(C)C)c1. The summed E-state index contributed by atoms with van der Waals surface area (Å²) in [6.07, 6.45) is 6.58. The minimum atomic E-state index is 0.625. The van der Waals surface area contributed by atoms with Crippen molar-refractivity contribution < 1.29 is 0 Å². The Kier molecular flexibility index (Phi) is 7.04. The van der Waals surface area contributed by atoms with Gasteiger partial charge >= 0.3 is 0 Å². The average molecular weight is 247 g/mol. The first-order chi connectivity index (χ1) is 8.59. The maximum Gasteiger partial charge on any atom is 0.00103 e. The van der Waals surface area contributed by atoms with E-state index in [2.05, 4.69) is 51.2 Å². The van der Waals surface area contributed by atoms with Gasteiger partial charge in [0.2, 0.25) is 0 Å². The van der Waals surface area contributed by atoms with Gasteiger partial charge in [-0.05, 0) is 50.8 Å². The Hall–Kier alpha value is -0.820. The summed E-state index contributed by atoms with van der Waals surface area (Å²) >= 11 is 0.